The predicted molar refractivity (Wildman–Crippen MR) is 68.5 cm³/mol. The van der Waals surface area contributed by atoms with Crippen LogP contribution >= 0.6 is 11.6 Å². The van der Waals surface area contributed by atoms with Crippen LogP contribution in [0.3, 0.4) is 0 Å². The molecule has 2 aromatic carbocycles. The van der Waals surface area contributed by atoms with Crippen molar-refractivity contribution in [2.75, 3.05) is 0 Å². The van der Waals surface area contributed by atoms with Gasteiger partial charge >= 0.3 is 0 Å². The van der Waals surface area contributed by atoms with Crippen molar-refractivity contribution in [3.05, 3.63) is 58.6 Å². The molecule has 0 atom stereocenters. The molecule has 0 amide bonds. The van der Waals surface area contributed by atoms with Crippen molar-refractivity contribution in [1.82, 2.24) is 4.98 Å². The average molecular weight is 318 g/mol. The molecule has 1 heterocycles. The number of aromatic nitrogens is 1. The molecule has 3 aromatic rings. The Kier molecular flexibility index (Phi) is 3.13. The monoisotopic (exact) mass is 317 g/mol. The lowest BCUT2D eigenvalue weighted by molar-refractivity contribution is 0.381. The Bertz CT molecular complexity index is 842. The number of hydrogen-bond donors (Lipinski definition) is 1. The Hall–Kier alpha value is -2.08. The fraction of sp³-hybridized carbons (Fsp3) is 0. The number of fused-ring (bicyclic) bond motifs is 1. The highest BCUT2D eigenvalue weighted by molar-refractivity contribution is 6.34. The average Bonchev–Trinajstić information content (AvgIpc) is 2.90. The first-order valence-electron chi connectivity index (χ1n) is 5.69. The maximum atomic E-state index is 13.8. The number of benzene rings is 2. The number of aromatic amines is 1. The van der Waals surface area contributed by atoms with Crippen LogP contribution in [-0.4, -0.2) is 4.98 Å². The Balaban J connectivity index is 2.40. The molecule has 0 aliphatic heterocycles. The van der Waals surface area contributed by atoms with E-state index in [0.717, 1.165) is 0 Å². The van der Waals surface area contributed by atoms with Gasteiger partial charge in [-0.15, -0.1) is 0 Å². The summed E-state index contributed by atoms with van der Waals surface area (Å²) < 4.78 is 67.2. The van der Waals surface area contributed by atoms with Gasteiger partial charge in [0.1, 0.15) is 0 Å². The summed E-state index contributed by atoms with van der Waals surface area (Å²) in [6.07, 6.45) is 3.10. The predicted octanol–water partition coefficient (Wildman–Crippen LogP) is 5.18. The van der Waals surface area contributed by atoms with E-state index in [-0.39, 0.29) is 10.6 Å². The third-order valence-electron chi connectivity index (χ3n) is 3.13. The van der Waals surface area contributed by atoms with E-state index in [1.54, 1.807) is 6.20 Å². The van der Waals surface area contributed by atoms with Crippen molar-refractivity contribution in [3.8, 4) is 11.1 Å². The summed E-state index contributed by atoms with van der Waals surface area (Å²) >= 11 is 5.90. The molecule has 0 radical (unpaired) electrons. The molecule has 0 aliphatic rings. The lowest BCUT2D eigenvalue weighted by Crippen LogP contribution is -2.04. The Morgan fingerprint density at radius 3 is 1.76 bits per heavy atom. The molecular formula is C14H5ClF5N. The Morgan fingerprint density at radius 1 is 0.714 bits per heavy atom. The minimum atomic E-state index is -2.20. The van der Waals surface area contributed by atoms with Crippen molar-refractivity contribution in [1.29, 1.82) is 0 Å². The van der Waals surface area contributed by atoms with Gasteiger partial charge in [0.15, 0.2) is 23.3 Å². The van der Waals surface area contributed by atoms with Gasteiger partial charge in [-0.1, -0.05) is 11.6 Å². The highest BCUT2D eigenvalue weighted by Gasteiger charge is 2.27. The standard InChI is InChI=1S/C14H5ClF5N/c15-8-2-6-4-21-3-5(6)1-7(8)9-10(16)12(18)14(20)13(19)11(9)17/h1-4,21H. The van der Waals surface area contributed by atoms with E-state index in [1.807, 2.05) is 0 Å². The smallest absolute Gasteiger partial charge is 0.200 e. The topological polar surface area (TPSA) is 15.8 Å². The summed E-state index contributed by atoms with van der Waals surface area (Å²) in [6.45, 7) is 0. The first kappa shape index (κ1) is 13.9. The van der Waals surface area contributed by atoms with Gasteiger partial charge in [0.25, 0.3) is 0 Å². The number of H-pyrrole nitrogens is 1. The molecule has 108 valence electrons. The normalized spacial score (nSPS) is 11.3. The van der Waals surface area contributed by atoms with Gasteiger partial charge in [0, 0.05) is 28.4 Å². The van der Waals surface area contributed by atoms with Crippen molar-refractivity contribution in [2.24, 2.45) is 0 Å². The summed E-state index contributed by atoms with van der Waals surface area (Å²) in [5, 5.41) is 1.05. The zero-order chi connectivity index (χ0) is 15.3. The van der Waals surface area contributed by atoms with Crippen LogP contribution in [-0.2, 0) is 0 Å². The molecule has 0 saturated heterocycles. The first-order valence-corrected chi connectivity index (χ1v) is 6.07. The van der Waals surface area contributed by atoms with Crippen LogP contribution in [0, 0.1) is 29.1 Å². The van der Waals surface area contributed by atoms with E-state index >= 15 is 0 Å². The summed E-state index contributed by atoms with van der Waals surface area (Å²) in [7, 11) is 0. The van der Waals surface area contributed by atoms with Crippen molar-refractivity contribution in [3.63, 3.8) is 0 Å². The number of hydrogen-bond acceptors (Lipinski definition) is 0. The summed E-state index contributed by atoms with van der Waals surface area (Å²) in [5.41, 5.74) is -1.31. The Labute approximate surface area is 120 Å². The van der Waals surface area contributed by atoms with E-state index < -0.39 is 34.6 Å². The van der Waals surface area contributed by atoms with Crippen molar-refractivity contribution >= 4 is 22.4 Å². The van der Waals surface area contributed by atoms with E-state index in [4.69, 9.17) is 11.6 Å². The van der Waals surface area contributed by atoms with Gasteiger partial charge in [-0.3, -0.25) is 0 Å². The van der Waals surface area contributed by atoms with Crippen LogP contribution in [0.2, 0.25) is 5.02 Å². The second-order valence-corrected chi connectivity index (χ2v) is 4.77. The first-order chi connectivity index (χ1) is 9.91. The van der Waals surface area contributed by atoms with E-state index in [0.29, 0.717) is 10.8 Å². The molecular weight excluding hydrogens is 313 g/mol. The number of halogens is 6. The number of nitrogens with one attached hydrogen (secondary N) is 1. The molecule has 1 nitrogen and oxygen atoms in total. The second-order valence-electron chi connectivity index (χ2n) is 4.36. The summed E-state index contributed by atoms with van der Waals surface area (Å²) in [4.78, 5) is 2.75. The van der Waals surface area contributed by atoms with Crippen molar-refractivity contribution in [2.45, 2.75) is 0 Å². The van der Waals surface area contributed by atoms with Gasteiger partial charge in [-0.2, -0.15) is 0 Å². The minimum Gasteiger partial charge on any atom is -0.366 e. The van der Waals surface area contributed by atoms with Crippen LogP contribution in [0.25, 0.3) is 21.9 Å². The van der Waals surface area contributed by atoms with Gasteiger partial charge in [-0.05, 0) is 17.5 Å². The molecule has 0 fully saturated rings. The van der Waals surface area contributed by atoms with E-state index in [9.17, 15) is 22.0 Å². The van der Waals surface area contributed by atoms with Crippen LogP contribution in [0.15, 0.2) is 24.5 Å². The lowest BCUT2D eigenvalue weighted by atomic mass is 10.0. The molecule has 1 aromatic heterocycles. The third kappa shape index (κ3) is 1.98. The molecule has 3 rings (SSSR count). The van der Waals surface area contributed by atoms with E-state index in [1.165, 1.54) is 18.3 Å². The zero-order valence-electron chi connectivity index (χ0n) is 10.1. The molecule has 1 N–H and O–H groups in total. The second kappa shape index (κ2) is 4.73. The zero-order valence-corrected chi connectivity index (χ0v) is 10.8. The largest absolute Gasteiger partial charge is 0.366 e. The molecule has 0 unspecified atom stereocenters. The minimum absolute atomic E-state index is 0.120. The van der Waals surface area contributed by atoms with Gasteiger partial charge in [-0.25, -0.2) is 22.0 Å². The molecule has 0 bridgehead atoms. The molecule has 7 heteroatoms. The van der Waals surface area contributed by atoms with Crippen LogP contribution in [0.1, 0.15) is 0 Å². The highest BCUT2D eigenvalue weighted by Crippen LogP contribution is 2.37. The fourth-order valence-electron chi connectivity index (χ4n) is 2.11. The molecule has 21 heavy (non-hydrogen) atoms. The quantitative estimate of drug-likeness (QED) is 0.361. The third-order valence-corrected chi connectivity index (χ3v) is 3.44. The fourth-order valence-corrected chi connectivity index (χ4v) is 2.38. The molecule has 0 saturated carbocycles. The maximum Gasteiger partial charge on any atom is 0.200 e. The number of rotatable bonds is 1. The Morgan fingerprint density at radius 2 is 1.19 bits per heavy atom. The molecule has 0 spiro atoms. The van der Waals surface area contributed by atoms with Crippen molar-refractivity contribution < 1.29 is 22.0 Å². The van der Waals surface area contributed by atoms with Gasteiger partial charge in [0.2, 0.25) is 5.82 Å². The van der Waals surface area contributed by atoms with Crippen LogP contribution in [0.4, 0.5) is 22.0 Å². The van der Waals surface area contributed by atoms with Gasteiger partial charge in [0.05, 0.1) is 5.56 Å². The van der Waals surface area contributed by atoms with Crippen LogP contribution < -0.4 is 0 Å². The van der Waals surface area contributed by atoms with Gasteiger partial charge < -0.3 is 4.98 Å². The van der Waals surface area contributed by atoms with Crippen LogP contribution in [0.5, 0.6) is 0 Å². The van der Waals surface area contributed by atoms with E-state index in [2.05, 4.69) is 4.98 Å². The SMILES string of the molecule is Fc1c(F)c(F)c(-c2cc3c[nH]cc3cc2Cl)c(F)c1F. The maximum absolute atomic E-state index is 13.8. The summed E-state index contributed by atoms with van der Waals surface area (Å²) in [6, 6.07) is 2.63. The molecule has 0 aliphatic carbocycles. The lowest BCUT2D eigenvalue weighted by Gasteiger charge is -2.10. The highest BCUT2D eigenvalue weighted by atomic mass is 35.5. The summed E-state index contributed by atoms with van der Waals surface area (Å²) in [5.74, 6) is -10.0.